The molecular weight excluding hydrogens is 392 g/mol. The molecular formula is C21H25N2O5S+. The Kier molecular flexibility index (Phi) is 5.95. The van der Waals surface area contributed by atoms with Crippen molar-refractivity contribution >= 4 is 45.6 Å². The van der Waals surface area contributed by atoms with E-state index < -0.39 is 21.7 Å². The van der Waals surface area contributed by atoms with Crippen LogP contribution in [0.25, 0.3) is 10.9 Å². The Labute approximate surface area is 173 Å². The molecule has 2 aromatic rings. The normalized spacial score (nSPS) is 22.5. The van der Waals surface area contributed by atoms with Crippen LogP contribution in [0.1, 0.15) is 43.5 Å². The van der Waals surface area contributed by atoms with Crippen molar-refractivity contribution in [3.8, 4) is 0 Å². The van der Waals surface area contributed by atoms with Crippen molar-refractivity contribution in [3.63, 3.8) is 0 Å². The third-order valence-electron chi connectivity index (χ3n) is 5.77. The van der Waals surface area contributed by atoms with Crippen LogP contribution >= 0.6 is 11.8 Å². The summed E-state index contributed by atoms with van der Waals surface area (Å²) < 4.78 is 1.12. The number of para-hydroxylation sites is 1. The van der Waals surface area contributed by atoms with Crippen LogP contribution in [0.4, 0.5) is 4.79 Å². The summed E-state index contributed by atoms with van der Waals surface area (Å²) >= 11 is 0.753. The number of hydrogen-bond donors (Lipinski definition) is 1. The highest BCUT2D eigenvalue weighted by Crippen LogP contribution is 2.33. The molecule has 1 aliphatic rings. The lowest BCUT2D eigenvalue weighted by Crippen LogP contribution is -2.61. The number of benzene rings is 1. The van der Waals surface area contributed by atoms with Crippen LogP contribution < -0.4 is 0 Å². The fourth-order valence-corrected chi connectivity index (χ4v) is 5.19. The van der Waals surface area contributed by atoms with Gasteiger partial charge in [0, 0.05) is 55.9 Å². The van der Waals surface area contributed by atoms with Crippen molar-refractivity contribution in [2.75, 3.05) is 6.54 Å². The maximum absolute atomic E-state index is 13.4. The number of aryl methyl sites for hydroxylation is 1. The second-order valence-corrected chi connectivity index (χ2v) is 8.98. The molecule has 1 aromatic carbocycles. The van der Waals surface area contributed by atoms with Crippen molar-refractivity contribution in [1.82, 2.24) is 4.57 Å². The minimum absolute atomic E-state index is 0.187. The number of imide groups is 1. The summed E-state index contributed by atoms with van der Waals surface area (Å²) in [5.74, 6) is -0.847. The first kappa shape index (κ1) is 21.3. The number of fused-ring (bicyclic) bond motifs is 1. The van der Waals surface area contributed by atoms with Crippen LogP contribution in [0.15, 0.2) is 30.5 Å². The first-order valence-electron chi connectivity index (χ1n) is 9.58. The molecule has 3 atom stereocenters. The van der Waals surface area contributed by atoms with Gasteiger partial charge in [0.05, 0.1) is 6.54 Å². The number of carbonyl (C=O) groups excluding carboxylic acids is 3. The third-order valence-corrected chi connectivity index (χ3v) is 6.76. The molecule has 0 radical (unpaired) electrons. The second-order valence-electron chi connectivity index (χ2n) is 7.60. The van der Waals surface area contributed by atoms with E-state index in [1.165, 1.54) is 6.92 Å². The molecule has 1 fully saturated rings. The zero-order valence-electron chi connectivity index (χ0n) is 16.8. The molecule has 2 amide bonds. The minimum Gasteiger partial charge on any atom is -0.435 e. The van der Waals surface area contributed by atoms with Crippen molar-refractivity contribution in [3.05, 3.63) is 36.0 Å². The summed E-state index contributed by atoms with van der Waals surface area (Å²) in [6.07, 6.45) is 1.52. The van der Waals surface area contributed by atoms with Crippen molar-refractivity contribution in [2.45, 2.75) is 44.4 Å². The maximum Gasteiger partial charge on any atom is 0.521 e. The Morgan fingerprint density at radius 2 is 1.97 bits per heavy atom. The van der Waals surface area contributed by atoms with Gasteiger partial charge in [-0.1, -0.05) is 30.0 Å². The van der Waals surface area contributed by atoms with Gasteiger partial charge < -0.3 is 9.67 Å². The minimum atomic E-state index is -1.22. The van der Waals surface area contributed by atoms with Crippen LogP contribution in [0.5, 0.6) is 0 Å². The van der Waals surface area contributed by atoms with Crippen LogP contribution in [-0.4, -0.2) is 54.9 Å². The summed E-state index contributed by atoms with van der Waals surface area (Å²) in [4.78, 5) is 50.3. The Bertz CT molecular complexity index is 998. The predicted molar refractivity (Wildman–Crippen MR) is 111 cm³/mol. The lowest BCUT2D eigenvalue weighted by atomic mass is 10.0. The molecule has 154 valence electrons. The number of quaternary nitrogens is 1. The lowest BCUT2D eigenvalue weighted by molar-refractivity contribution is -0.792. The number of Topliss-reactive ketones (excluding diaryl/α,β-unsaturated/α-hetero) is 1. The van der Waals surface area contributed by atoms with Gasteiger partial charge in [0.1, 0.15) is 11.3 Å². The largest absolute Gasteiger partial charge is 0.521 e. The van der Waals surface area contributed by atoms with Crippen LogP contribution in [0.3, 0.4) is 0 Å². The number of nitrogens with zero attached hydrogens (tertiary/aromatic N) is 2. The summed E-state index contributed by atoms with van der Waals surface area (Å²) in [6.45, 7) is 3.25. The SMILES string of the molecule is CC(=O)SC(CC(=O)c1cn(C)c2ccccc12)C(=O)[N+]1(C(=O)O)CCC[C@H]1C. The van der Waals surface area contributed by atoms with E-state index in [0.717, 1.165) is 22.7 Å². The zero-order chi connectivity index (χ0) is 21.3. The molecule has 0 aliphatic carbocycles. The Balaban J connectivity index is 1.95. The van der Waals surface area contributed by atoms with E-state index in [1.54, 1.807) is 13.1 Å². The van der Waals surface area contributed by atoms with E-state index in [0.29, 0.717) is 18.4 Å². The molecule has 0 saturated carbocycles. The van der Waals surface area contributed by atoms with Crippen LogP contribution in [0.2, 0.25) is 0 Å². The second kappa shape index (κ2) is 8.12. The van der Waals surface area contributed by atoms with Gasteiger partial charge >= 0.3 is 12.0 Å². The van der Waals surface area contributed by atoms with Gasteiger partial charge in [-0.05, 0) is 13.0 Å². The summed E-state index contributed by atoms with van der Waals surface area (Å²) in [5.41, 5.74) is 1.36. The van der Waals surface area contributed by atoms with Gasteiger partial charge in [0.2, 0.25) is 0 Å². The molecule has 1 N–H and O–H groups in total. The molecule has 0 spiro atoms. The van der Waals surface area contributed by atoms with E-state index in [9.17, 15) is 24.3 Å². The topological polar surface area (TPSA) is 93.4 Å². The highest BCUT2D eigenvalue weighted by atomic mass is 32.2. The standard InChI is InChI=1S/C21H24N2O5S/c1-13-7-6-10-23(13,21(27)28)20(26)19(29-14(2)24)11-18(25)16-12-22(3)17-9-5-4-8-15(16)17/h4-5,8-9,12-13,19H,6-7,10-11H2,1-3H3/p+1/t13-,19?,23?/m1/s1. The number of thioether (sulfide) groups is 1. The quantitative estimate of drug-likeness (QED) is 0.590. The number of amides is 2. The van der Waals surface area contributed by atoms with E-state index in [-0.39, 0.29) is 29.9 Å². The van der Waals surface area contributed by atoms with Crippen molar-refractivity contribution in [1.29, 1.82) is 0 Å². The monoisotopic (exact) mass is 417 g/mol. The average molecular weight is 418 g/mol. The zero-order valence-corrected chi connectivity index (χ0v) is 17.6. The van der Waals surface area contributed by atoms with Crippen molar-refractivity contribution < 1.29 is 28.8 Å². The number of rotatable bonds is 5. The molecule has 29 heavy (non-hydrogen) atoms. The number of carboxylic acid groups (broad SMARTS) is 1. The van der Waals surface area contributed by atoms with Gasteiger partial charge in [0.15, 0.2) is 10.9 Å². The summed E-state index contributed by atoms with van der Waals surface area (Å²) in [5, 5.41) is 9.28. The van der Waals surface area contributed by atoms with E-state index in [2.05, 4.69) is 0 Å². The van der Waals surface area contributed by atoms with E-state index in [4.69, 9.17) is 0 Å². The molecule has 2 unspecified atom stereocenters. The summed E-state index contributed by atoms with van der Waals surface area (Å²) in [6, 6.07) is 7.07. The first-order chi connectivity index (χ1) is 13.7. The highest BCUT2D eigenvalue weighted by molar-refractivity contribution is 8.14. The van der Waals surface area contributed by atoms with Gasteiger partial charge in [0.25, 0.3) is 0 Å². The smallest absolute Gasteiger partial charge is 0.435 e. The van der Waals surface area contributed by atoms with Gasteiger partial charge in [-0.15, -0.1) is 0 Å². The third kappa shape index (κ3) is 3.74. The highest BCUT2D eigenvalue weighted by Gasteiger charge is 2.55. The van der Waals surface area contributed by atoms with Crippen molar-refractivity contribution in [2.24, 2.45) is 7.05 Å². The maximum atomic E-state index is 13.4. The molecule has 7 nitrogen and oxygen atoms in total. The average Bonchev–Trinajstić information content (AvgIpc) is 3.21. The Hall–Kier alpha value is -2.45. The molecule has 1 aromatic heterocycles. The molecule has 8 heteroatoms. The predicted octanol–water partition coefficient (Wildman–Crippen LogP) is 3.60. The number of likely N-dealkylation sites (tertiary alicyclic amines) is 1. The van der Waals surface area contributed by atoms with E-state index >= 15 is 0 Å². The fraction of sp³-hybridized carbons (Fsp3) is 0.429. The number of ketones is 1. The molecule has 2 heterocycles. The molecule has 1 aliphatic heterocycles. The number of hydrogen-bond acceptors (Lipinski definition) is 5. The van der Waals surface area contributed by atoms with Crippen LogP contribution in [0, 0.1) is 0 Å². The molecule has 1 saturated heterocycles. The van der Waals surface area contributed by atoms with Crippen LogP contribution in [-0.2, 0) is 16.6 Å². The Morgan fingerprint density at radius 3 is 2.55 bits per heavy atom. The molecule has 0 bridgehead atoms. The van der Waals surface area contributed by atoms with Gasteiger partial charge in [-0.25, -0.2) is 4.79 Å². The fourth-order valence-electron chi connectivity index (χ4n) is 4.26. The first-order valence-corrected chi connectivity index (χ1v) is 10.5. The number of carbonyl (C=O) groups is 4. The Morgan fingerprint density at radius 1 is 1.28 bits per heavy atom. The lowest BCUT2D eigenvalue weighted by Gasteiger charge is -2.32. The van der Waals surface area contributed by atoms with E-state index in [1.807, 2.05) is 35.9 Å². The number of aromatic nitrogens is 1. The van der Waals surface area contributed by atoms with Gasteiger partial charge in [-0.2, -0.15) is 9.28 Å². The van der Waals surface area contributed by atoms with Gasteiger partial charge in [-0.3, -0.25) is 9.59 Å². The summed E-state index contributed by atoms with van der Waals surface area (Å²) in [7, 11) is 1.84. The molecule has 3 rings (SSSR count).